The molecule has 1 saturated heterocycles. The second-order valence-electron chi connectivity index (χ2n) is 11.7. The smallest absolute Gasteiger partial charge is 0.269 e. The SMILES string of the molecule is CN(C)C(=O)c1cc2c(-c3cc(F)c(C4CCNCC4)cc3F)cc(C3=CCCN(C(=O)CCn4cccn4)C3)c(F)c2[nH]1. The number of carbonyl (C=O) groups is 2. The molecule has 0 radical (unpaired) electrons. The topological polar surface area (TPSA) is 86.3 Å². The van der Waals surface area contributed by atoms with Gasteiger partial charge in [-0.1, -0.05) is 6.08 Å². The molecule has 4 aromatic rings. The highest BCUT2D eigenvalue weighted by Crippen LogP contribution is 2.40. The van der Waals surface area contributed by atoms with E-state index in [2.05, 4.69) is 15.4 Å². The van der Waals surface area contributed by atoms with Gasteiger partial charge in [0.15, 0.2) is 5.82 Å². The van der Waals surface area contributed by atoms with Crippen molar-refractivity contribution < 1.29 is 22.8 Å². The van der Waals surface area contributed by atoms with E-state index in [1.165, 1.54) is 29.2 Å². The molecule has 0 unspecified atom stereocenters. The molecule has 2 aromatic carbocycles. The summed E-state index contributed by atoms with van der Waals surface area (Å²) in [5.41, 5.74) is 1.47. The molecule has 2 N–H and O–H groups in total. The maximum Gasteiger partial charge on any atom is 0.269 e. The maximum atomic E-state index is 16.3. The van der Waals surface area contributed by atoms with Crippen LogP contribution in [-0.2, 0) is 11.3 Å². The first-order valence-electron chi connectivity index (χ1n) is 14.9. The van der Waals surface area contributed by atoms with Crippen molar-refractivity contribution in [2.45, 2.75) is 38.1 Å². The van der Waals surface area contributed by atoms with Gasteiger partial charge in [-0.3, -0.25) is 14.3 Å². The fraction of sp³-hybridized carbons (Fsp3) is 0.364. The molecule has 11 heteroatoms. The molecule has 2 aliphatic rings. The van der Waals surface area contributed by atoms with Crippen molar-refractivity contribution >= 4 is 28.3 Å². The van der Waals surface area contributed by atoms with Crippen LogP contribution >= 0.6 is 0 Å². The number of aromatic amines is 1. The Labute approximate surface area is 253 Å². The zero-order valence-corrected chi connectivity index (χ0v) is 24.8. The molecule has 2 aromatic heterocycles. The van der Waals surface area contributed by atoms with Gasteiger partial charge in [0, 0.05) is 69.1 Å². The normalized spacial score (nSPS) is 15.9. The lowest BCUT2D eigenvalue weighted by molar-refractivity contribution is -0.131. The van der Waals surface area contributed by atoms with Gasteiger partial charge in [0.1, 0.15) is 17.3 Å². The van der Waals surface area contributed by atoms with Gasteiger partial charge in [-0.15, -0.1) is 0 Å². The molecule has 8 nitrogen and oxygen atoms in total. The minimum Gasteiger partial charge on any atom is -0.348 e. The molecule has 2 aliphatic heterocycles. The van der Waals surface area contributed by atoms with Crippen molar-refractivity contribution in [1.82, 2.24) is 29.9 Å². The maximum absolute atomic E-state index is 16.3. The molecule has 0 aliphatic carbocycles. The van der Waals surface area contributed by atoms with Crippen molar-refractivity contribution in [2.24, 2.45) is 0 Å². The lowest BCUT2D eigenvalue weighted by atomic mass is 9.87. The summed E-state index contributed by atoms with van der Waals surface area (Å²) >= 11 is 0. The summed E-state index contributed by atoms with van der Waals surface area (Å²) < 4.78 is 49.5. The van der Waals surface area contributed by atoms with E-state index >= 15 is 13.2 Å². The standard InChI is InChI=1S/C33H35F3N6O2/c1-40(2)33(44)29-18-26-24(25-17-27(34)22(16-28(25)35)20-6-10-37-11-7-20)15-23(31(36)32(26)39-29)21-5-3-12-41(19-21)30(43)8-14-42-13-4-9-38-42/h4-5,9,13,15-18,20,37,39H,3,6-8,10-12,14,19H2,1-2H3. The minimum absolute atomic E-state index is 0.0159. The zero-order valence-electron chi connectivity index (χ0n) is 24.8. The van der Waals surface area contributed by atoms with Crippen molar-refractivity contribution in [3.8, 4) is 11.1 Å². The van der Waals surface area contributed by atoms with Gasteiger partial charge >= 0.3 is 0 Å². The molecule has 0 spiro atoms. The largest absolute Gasteiger partial charge is 0.348 e. The number of benzene rings is 2. The van der Waals surface area contributed by atoms with Gasteiger partial charge in [-0.05, 0) is 85.3 Å². The Balaban J connectivity index is 1.41. The van der Waals surface area contributed by atoms with Gasteiger partial charge in [0.2, 0.25) is 5.91 Å². The first-order valence-corrected chi connectivity index (χ1v) is 14.9. The molecular weight excluding hydrogens is 569 g/mol. The first-order chi connectivity index (χ1) is 21.2. The minimum atomic E-state index is -0.620. The number of halogens is 3. The Morgan fingerprint density at radius 2 is 1.82 bits per heavy atom. The molecular formula is C33H35F3N6O2. The number of hydrogen-bond acceptors (Lipinski definition) is 4. The molecule has 4 heterocycles. The molecule has 44 heavy (non-hydrogen) atoms. The predicted octanol–water partition coefficient (Wildman–Crippen LogP) is 5.32. The van der Waals surface area contributed by atoms with Gasteiger partial charge in [0.05, 0.1) is 5.52 Å². The fourth-order valence-electron chi connectivity index (χ4n) is 6.24. The van der Waals surface area contributed by atoms with Gasteiger partial charge in [0.25, 0.3) is 5.91 Å². The number of hydrogen-bond donors (Lipinski definition) is 2. The monoisotopic (exact) mass is 604 g/mol. The Bertz CT molecular complexity index is 1740. The van der Waals surface area contributed by atoms with E-state index in [0.717, 1.165) is 13.1 Å². The van der Waals surface area contributed by atoms with Gasteiger partial charge in [-0.25, -0.2) is 13.2 Å². The van der Waals surface area contributed by atoms with Crippen LogP contribution in [0.1, 0.15) is 53.2 Å². The number of H-pyrrole nitrogens is 1. The molecule has 6 rings (SSSR count). The van der Waals surface area contributed by atoms with Crippen molar-refractivity contribution in [2.75, 3.05) is 40.3 Å². The number of fused-ring (bicyclic) bond motifs is 1. The number of piperidine rings is 1. The van der Waals surface area contributed by atoms with Crippen LogP contribution in [0.2, 0.25) is 0 Å². The second-order valence-corrected chi connectivity index (χ2v) is 11.7. The fourth-order valence-corrected chi connectivity index (χ4v) is 6.24. The summed E-state index contributed by atoms with van der Waals surface area (Å²) in [6, 6.07) is 7.23. The average molecular weight is 605 g/mol. The van der Waals surface area contributed by atoms with E-state index in [1.807, 2.05) is 6.08 Å². The summed E-state index contributed by atoms with van der Waals surface area (Å²) in [7, 11) is 3.16. The molecule has 0 atom stereocenters. The summed E-state index contributed by atoms with van der Waals surface area (Å²) in [6.07, 6.45) is 7.47. The van der Waals surface area contributed by atoms with Crippen LogP contribution in [-0.4, -0.2) is 76.7 Å². The number of carbonyl (C=O) groups excluding carboxylic acids is 2. The Morgan fingerprint density at radius 3 is 2.55 bits per heavy atom. The van der Waals surface area contributed by atoms with Crippen LogP contribution < -0.4 is 5.32 Å². The van der Waals surface area contributed by atoms with Crippen molar-refractivity contribution in [1.29, 1.82) is 0 Å². The highest BCUT2D eigenvalue weighted by atomic mass is 19.1. The Morgan fingerprint density at radius 1 is 1.02 bits per heavy atom. The van der Waals surface area contributed by atoms with Gasteiger partial charge in [-0.2, -0.15) is 5.10 Å². The van der Waals surface area contributed by atoms with Crippen LogP contribution in [0.15, 0.2) is 48.8 Å². The van der Waals surface area contributed by atoms with Crippen molar-refractivity contribution in [3.63, 3.8) is 0 Å². The Kier molecular flexibility index (Phi) is 8.31. The summed E-state index contributed by atoms with van der Waals surface area (Å²) in [6.45, 7) is 2.55. The molecule has 230 valence electrons. The van der Waals surface area contributed by atoms with Crippen LogP contribution in [0, 0.1) is 17.5 Å². The average Bonchev–Trinajstić information content (AvgIpc) is 3.72. The molecule has 0 bridgehead atoms. The summed E-state index contributed by atoms with van der Waals surface area (Å²) in [5.74, 6) is -2.32. The lowest BCUT2D eigenvalue weighted by Gasteiger charge is -2.28. The molecule has 2 amide bonds. The number of nitrogens with one attached hydrogen (secondary N) is 2. The van der Waals surface area contributed by atoms with Crippen LogP contribution in [0.5, 0.6) is 0 Å². The molecule has 0 saturated carbocycles. The van der Waals surface area contributed by atoms with Crippen LogP contribution in [0.25, 0.3) is 27.6 Å². The molecule has 1 fully saturated rings. The summed E-state index contributed by atoms with van der Waals surface area (Å²) in [5, 5.41) is 7.65. The number of nitrogens with zero attached hydrogens (tertiary/aromatic N) is 4. The third-order valence-corrected chi connectivity index (χ3v) is 8.61. The van der Waals surface area contributed by atoms with E-state index in [-0.39, 0.29) is 64.0 Å². The highest BCUT2D eigenvalue weighted by Gasteiger charge is 2.27. The third-order valence-electron chi connectivity index (χ3n) is 8.61. The number of aryl methyl sites for hydroxylation is 1. The van der Waals surface area contributed by atoms with Crippen LogP contribution in [0.3, 0.4) is 0 Å². The zero-order chi connectivity index (χ0) is 31.0. The van der Waals surface area contributed by atoms with Crippen molar-refractivity contribution in [3.05, 3.63) is 83.1 Å². The number of aromatic nitrogens is 3. The highest BCUT2D eigenvalue weighted by molar-refractivity contribution is 6.04. The van der Waals surface area contributed by atoms with E-state index in [0.29, 0.717) is 43.5 Å². The second kappa shape index (κ2) is 12.3. The van der Waals surface area contributed by atoms with E-state index < -0.39 is 17.5 Å². The van der Waals surface area contributed by atoms with E-state index in [1.54, 1.807) is 42.1 Å². The third kappa shape index (κ3) is 5.76. The Hall–Kier alpha value is -4.38. The number of rotatable bonds is 7. The van der Waals surface area contributed by atoms with E-state index in [4.69, 9.17) is 0 Å². The summed E-state index contributed by atoms with van der Waals surface area (Å²) in [4.78, 5) is 31.8. The number of amides is 2. The quantitative estimate of drug-likeness (QED) is 0.299. The predicted molar refractivity (Wildman–Crippen MR) is 162 cm³/mol. The van der Waals surface area contributed by atoms with Crippen LogP contribution in [0.4, 0.5) is 13.2 Å². The van der Waals surface area contributed by atoms with E-state index in [9.17, 15) is 9.59 Å². The van der Waals surface area contributed by atoms with Gasteiger partial charge < -0.3 is 20.1 Å². The first kappa shape index (κ1) is 29.7. The lowest BCUT2D eigenvalue weighted by Crippen LogP contribution is -2.36.